The van der Waals surface area contributed by atoms with E-state index in [4.69, 9.17) is 18.9 Å². The molecule has 0 spiro atoms. The van der Waals surface area contributed by atoms with E-state index in [1.165, 1.54) is 26.2 Å². The molecule has 1 aliphatic heterocycles. The van der Waals surface area contributed by atoms with Gasteiger partial charge in [0.05, 0.1) is 14.2 Å². The molecule has 0 atom stereocenters. The van der Waals surface area contributed by atoms with Crippen LogP contribution in [0.4, 0.5) is 0 Å². The smallest absolute Gasteiger partial charge is 0.161 e. The zero-order chi connectivity index (χ0) is 19.6. The fraction of sp³-hybridized carbons (Fsp3) is 0.455. The van der Waals surface area contributed by atoms with Crippen molar-refractivity contribution < 1.29 is 28.7 Å². The largest absolute Gasteiger partial charge is 0.493 e. The Labute approximate surface area is 167 Å². The summed E-state index contributed by atoms with van der Waals surface area (Å²) in [5.74, 6) is 3.23. The fourth-order valence-corrected chi connectivity index (χ4v) is 3.54. The molecule has 0 amide bonds. The molecule has 28 heavy (non-hydrogen) atoms. The van der Waals surface area contributed by atoms with Crippen LogP contribution in [-0.4, -0.2) is 66.7 Å². The maximum atomic E-state index is 5.91. The third-order valence-corrected chi connectivity index (χ3v) is 5.23. The van der Waals surface area contributed by atoms with E-state index in [1.807, 2.05) is 48.5 Å². The van der Waals surface area contributed by atoms with Crippen molar-refractivity contribution in [2.75, 3.05) is 66.7 Å². The number of rotatable bonds is 10. The summed E-state index contributed by atoms with van der Waals surface area (Å²) in [5.41, 5.74) is 0. The van der Waals surface area contributed by atoms with Crippen molar-refractivity contribution in [2.24, 2.45) is 0 Å². The Balaban J connectivity index is 1.32. The zero-order valence-corrected chi connectivity index (χ0v) is 16.9. The highest BCUT2D eigenvalue weighted by Crippen LogP contribution is 2.26. The first kappa shape index (κ1) is 20.3. The number of methoxy groups -OCH3 is 2. The van der Waals surface area contributed by atoms with E-state index >= 15 is 0 Å². The average Bonchev–Trinajstić information content (AvgIpc) is 2.75. The minimum atomic E-state index is 0.710. The van der Waals surface area contributed by atoms with E-state index in [-0.39, 0.29) is 0 Å². The van der Waals surface area contributed by atoms with Gasteiger partial charge in [-0.05, 0) is 24.3 Å². The van der Waals surface area contributed by atoms with Crippen molar-refractivity contribution in [2.45, 2.75) is 0 Å². The summed E-state index contributed by atoms with van der Waals surface area (Å²) < 4.78 is 22.5. The lowest BCUT2D eigenvalue weighted by Gasteiger charge is -2.29. The van der Waals surface area contributed by atoms with Gasteiger partial charge < -0.3 is 28.7 Å². The highest BCUT2D eigenvalue weighted by molar-refractivity contribution is 5.39. The normalized spacial score (nSPS) is 19.1. The Morgan fingerprint density at radius 1 is 0.607 bits per heavy atom. The van der Waals surface area contributed by atoms with Crippen molar-refractivity contribution in [3.05, 3.63) is 48.5 Å². The summed E-state index contributed by atoms with van der Waals surface area (Å²) in [4.78, 5) is 3.20. The molecule has 0 bridgehead atoms. The quantitative estimate of drug-likeness (QED) is 0.599. The molecule has 0 aromatic heterocycles. The van der Waals surface area contributed by atoms with Gasteiger partial charge in [-0.2, -0.15) is 0 Å². The number of benzene rings is 2. The van der Waals surface area contributed by atoms with Gasteiger partial charge in [-0.15, -0.1) is 0 Å². The predicted octanol–water partition coefficient (Wildman–Crippen LogP) is -0.0550. The molecule has 0 aliphatic carbocycles. The summed E-state index contributed by atoms with van der Waals surface area (Å²) >= 11 is 0. The molecule has 2 aromatic rings. The lowest BCUT2D eigenvalue weighted by atomic mass is 10.3. The number of nitrogens with one attached hydrogen (secondary N) is 2. The Morgan fingerprint density at radius 2 is 0.964 bits per heavy atom. The van der Waals surface area contributed by atoms with Crippen LogP contribution in [-0.2, 0) is 0 Å². The van der Waals surface area contributed by atoms with Gasteiger partial charge in [-0.1, -0.05) is 24.3 Å². The minimum absolute atomic E-state index is 0.710. The molecule has 0 saturated carbocycles. The topological polar surface area (TPSA) is 45.8 Å². The Bertz CT molecular complexity index is 656. The van der Waals surface area contributed by atoms with Gasteiger partial charge in [0.15, 0.2) is 23.0 Å². The molecule has 1 heterocycles. The highest BCUT2D eigenvalue weighted by Gasteiger charge is 2.22. The fourth-order valence-electron chi connectivity index (χ4n) is 3.54. The first-order chi connectivity index (χ1) is 13.8. The first-order valence-electron chi connectivity index (χ1n) is 9.99. The van der Waals surface area contributed by atoms with E-state index in [0.29, 0.717) is 13.2 Å². The second-order valence-electron chi connectivity index (χ2n) is 7.00. The van der Waals surface area contributed by atoms with E-state index < -0.39 is 0 Å². The Kier molecular flexibility index (Phi) is 7.82. The van der Waals surface area contributed by atoms with Crippen LogP contribution in [0.25, 0.3) is 0 Å². The molecule has 0 radical (unpaired) electrons. The SMILES string of the molecule is COc1ccccc1OCC[NH+]1CC[NH+](CCOc2ccccc2OC)CC1. The molecule has 2 aromatic carbocycles. The van der Waals surface area contributed by atoms with Crippen molar-refractivity contribution >= 4 is 0 Å². The van der Waals surface area contributed by atoms with Gasteiger partial charge in [0.2, 0.25) is 0 Å². The first-order valence-corrected chi connectivity index (χ1v) is 9.99. The summed E-state index contributed by atoms with van der Waals surface area (Å²) in [5, 5.41) is 0. The number of hydrogen-bond acceptors (Lipinski definition) is 4. The molecule has 1 aliphatic rings. The van der Waals surface area contributed by atoms with E-state index in [1.54, 1.807) is 24.0 Å². The second-order valence-corrected chi connectivity index (χ2v) is 7.00. The van der Waals surface area contributed by atoms with Crippen molar-refractivity contribution in [3.63, 3.8) is 0 Å². The van der Waals surface area contributed by atoms with Gasteiger partial charge in [0, 0.05) is 0 Å². The van der Waals surface area contributed by atoms with Crippen molar-refractivity contribution in [1.82, 2.24) is 0 Å². The predicted molar refractivity (Wildman–Crippen MR) is 108 cm³/mol. The van der Waals surface area contributed by atoms with Crippen molar-refractivity contribution in [1.29, 1.82) is 0 Å². The summed E-state index contributed by atoms with van der Waals surface area (Å²) in [6, 6.07) is 15.6. The van der Waals surface area contributed by atoms with Crippen molar-refractivity contribution in [3.8, 4) is 23.0 Å². The van der Waals surface area contributed by atoms with E-state index in [2.05, 4.69) is 0 Å². The molecule has 6 heteroatoms. The van der Waals surface area contributed by atoms with Crippen LogP contribution < -0.4 is 28.7 Å². The Morgan fingerprint density at radius 3 is 1.32 bits per heavy atom. The van der Waals surface area contributed by atoms with Crippen LogP contribution >= 0.6 is 0 Å². The van der Waals surface area contributed by atoms with Crippen LogP contribution in [0.5, 0.6) is 23.0 Å². The molecular weight excluding hydrogens is 356 g/mol. The molecule has 1 saturated heterocycles. The molecule has 3 rings (SSSR count). The number of para-hydroxylation sites is 4. The second kappa shape index (κ2) is 10.8. The van der Waals surface area contributed by atoms with E-state index in [9.17, 15) is 0 Å². The van der Waals surface area contributed by atoms with Crippen LogP contribution in [0.15, 0.2) is 48.5 Å². The van der Waals surface area contributed by atoms with Crippen LogP contribution in [0, 0.1) is 0 Å². The van der Waals surface area contributed by atoms with Crippen LogP contribution in [0.3, 0.4) is 0 Å². The third kappa shape index (κ3) is 5.78. The summed E-state index contributed by atoms with van der Waals surface area (Å²) in [6.45, 7) is 8.12. The lowest BCUT2D eigenvalue weighted by molar-refractivity contribution is -1.01. The minimum Gasteiger partial charge on any atom is -0.493 e. The zero-order valence-electron chi connectivity index (χ0n) is 16.9. The lowest BCUT2D eigenvalue weighted by Crippen LogP contribution is -3.28. The van der Waals surface area contributed by atoms with Gasteiger partial charge >= 0.3 is 0 Å². The Hall–Kier alpha value is -2.44. The maximum absolute atomic E-state index is 5.91. The molecule has 6 nitrogen and oxygen atoms in total. The molecule has 0 unspecified atom stereocenters. The number of ether oxygens (including phenoxy) is 4. The standard InChI is InChI=1S/C22H30N2O4/c1-25-19-7-3-5-9-21(19)27-17-15-23-11-13-24(14-12-23)16-18-28-22-10-6-4-8-20(22)26-2/h3-10H,11-18H2,1-2H3/p+2. The van der Waals surface area contributed by atoms with Gasteiger partial charge in [0.1, 0.15) is 52.5 Å². The highest BCUT2D eigenvalue weighted by atomic mass is 16.5. The van der Waals surface area contributed by atoms with Gasteiger partial charge in [0.25, 0.3) is 0 Å². The molecule has 152 valence electrons. The summed E-state index contributed by atoms with van der Waals surface area (Å²) in [6.07, 6.45) is 0. The molecular formula is C22H32N2O4+2. The average molecular weight is 389 g/mol. The van der Waals surface area contributed by atoms with Crippen LogP contribution in [0.2, 0.25) is 0 Å². The number of hydrogen-bond donors (Lipinski definition) is 2. The van der Waals surface area contributed by atoms with Gasteiger partial charge in [-0.3, -0.25) is 0 Å². The number of piperazine rings is 1. The number of quaternary nitrogens is 2. The molecule has 2 N–H and O–H groups in total. The van der Waals surface area contributed by atoms with E-state index in [0.717, 1.165) is 36.1 Å². The van der Waals surface area contributed by atoms with Crippen LogP contribution in [0.1, 0.15) is 0 Å². The summed E-state index contributed by atoms with van der Waals surface area (Å²) in [7, 11) is 3.35. The third-order valence-electron chi connectivity index (χ3n) is 5.23. The maximum Gasteiger partial charge on any atom is 0.161 e. The molecule has 1 fully saturated rings. The monoisotopic (exact) mass is 388 g/mol. The van der Waals surface area contributed by atoms with Gasteiger partial charge in [-0.25, -0.2) is 0 Å².